The average molecular weight is 915 g/mol. The maximum absolute atomic E-state index is 6.95. The van der Waals surface area contributed by atoms with Gasteiger partial charge in [0.1, 0.15) is 0 Å². The summed E-state index contributed by atoms with van der Waals surface area (Å²) in [5.74, 6) is 0. The highest BCUT2D eigenvalue weighted by molar-refractivity contribution is 6.42. The lowest BCUT2D eigenvalue weighted by molar-refractivity contribution is 1.31. The molecular weight excluding hydrogens is 892 g/mol. The third-order valence-electron chi connectivity index (χ3n) is 9.60. The fourth-order valence-electron chi connectivity index (χ4n) is 7.20. The molecule has 4 aromatic carbocycles. The zero-order valence-electron chi connectivity index (χ0n) is 29.2. The fourth-order valence-corrected chi connectivity index (χ4v) is 9.55. The van der Waals surface area contributed by atoms with E-state index in [-0.39, 0.29) is 23.1 Å². The lowest BCUT2D eigenvalue weighted by atomic mass is 10.0. The molecule has 7 aromatic rings. The molecule has 0 saturated heterocycles. The van der Waals surface area contributed by atoms with E-state index in [0.29, 0.717) is 130 Å². The fraction of sp³-hybridized carbons (Fsp3) is 0. The van der Waals surface area contributed by atoms with Crippen LogP contribution in [0.15, 0.2) is 97.1 Å². The first-order chi connectivity index (χ1) is 27.1. The van der Waals surface area contributed by atoms with Gasteiger partial charge in [-0.2, -0.15) is 0 Å². The van der Waals surface area contributed by atoms with Gasteiger partial charge in [-0.25, -0.2) is 9.97 Å². The van der Waals surface area contributed by atoms with Gasteiger partial charge >= 0.3 is 0 Å². The van der Waals surface area contributed by atoms with Crippen LogP contribution in [0.1, 0.15) is 22.8 Å². The molecule has 276 valence electrons. The van der Waals surface area contributed by atoms with Gasteiger partial charge in [0.2, 0.25) is 0 Å². The summed E-state index contributed by atoms with van der Waals surface area (Å²) < 4.78 is 0. The van der Waals surface area contributed by atoms with Crippen LogP contribution in [-0.4, -0.2) is 43.0 Å². The van der Waals surface area contributed by atoms with Gasteiger partial charge < -0.3 is 9.97 Å². The summed E-state index contributed by atoms with van der Waals surface area (Å²) in [5.41, 5.74) is 10.1. The molecule has 57 heavy (non-hydrogen) atoms. The molecule has 2 aliphatic rings. The Morgan fingerprint density at radius 3 is 0.667 bits per heavy atom. The van der Waals surface area contributed by atoms with Gasteiger partial charge in [0, 0.05) is 89.6 Å². The van der Waals surface area contributed by atoms with Crippen LogP contribution >= 0.6 is 92.8 Å². The molecule has 0 aliphatic carbocycles. The highest BCUT2D eigenvalue weighted by atomic mass is 35.5. The first kappa shape index (κ1) is 40.4. The number of H-pyrrole nitrogens is 2. The number of hydrogen-bond acceptors (Lipinski definition) is 2. The highest BCUT2D eigenvalue weighted by Crippen LogP contribution is 2.46. The normalized spacial score (nSPS) is 11.9. The van der Waals surface area contributed by atoms with Gasteiger partial charge in [-0.15, -0.1) is 0 Å². The molecule has 4 nitrogen and oxygen atoms in total. The summed E-state index contributed by atoms with van der Waals surface area (Å²) in [6.07, 6.45) is 7.66. The van der Waals surface area contributed by atoms with Crippen LogP contribution in [-0.2, 0) is 0 Å². The maximum atomic E-state index is 6.95. The minimum atomic E-state index is 0. The first-order valence-electron chi connectivity index (χ1n) is 17.0. The van der Waals surface area contributed by atoms with Crippen molar-refractivity contribution in [1.29, 1.82) is 0 Å². The second kappa shape index (κ2) is 16.3. The topological polar surface area (TPSA) is 57.4 Å². The zero-order valence-corrected chi connectivity index (χ0v) is 36.6. The van der Waals surface area contributed by atoms with Gasteiger partial charge in [0.05, 0.1) is 63.0 Å². The SMILES string of the molecule is Clc1cccc(Cl)c1-c1c2nc(c(-c3c(Cl)cccc3Cl)c3ccc([nH]3)c(-c3c(Cl)cccc3Cl)c3nc(c(-c4c(Cl)cccc4Cl)c4ccc1[nH]4)C=C3)C=C2.[Mg]. The predicted molar refractivity (Wildman–Crippen MR) is 246 cm³/mol. The molecule has 2 aliphatic heterocycles. The molecule has 3 aromatic heterocycles. The number of hydrogen-bond donors (Lipinski definition) is 2. The van der Waals surface area contributed by atoms with Crippen LogP contribution in [0.5, 0.6) is 0 Å². The molecule has 2 radical (unpaired) electrons. The minimum absolute atomic E-state index is 0. The van der Waals surface area contributed by atoms with Crippen LogP contribution in [0.2, 0.25) is 40.2 Å². The number of aromatic nitrogens is 4. The Morgan fingerprint density at radius 1 is 0.281 bits per heavy atom. The van der Waals surface area contributed by atoms with E-state index in [1.54, 1.807) is 72.8 Å². The second-order valence-electron chi connectivity index (χ2n) is 12.9. The molecule has 0 amide bonds. The van der Waals surface area contributed by atoms with E-state index in [0.717, 1.165) is 0 Å². The molecule has 5 heterocycles. The maximum Gasteiger partial charge on any atom is 0.0738 e. The second-order valence-corrected chi connectivity index (χ2v) is 16.1. The standard InChI is InChI=1S/C44H22Cl8N4.Mg/c45-21-5-1-6-22(46)37(21)41-29-13-15-31(53-29)42(38-23(47)7-2-8-24(38)48)33-17-19-35(55-33)44(40-27(51)11-4-12-28(40)52)36-20-18-34(56-36)43(32-16-14-30(41)54-32)39-25(49)9-3-10-26(39)50;/h1-20,53,56H;. The van der Waals surface area contributed by atoms with E-state index in [9.17, 15) is 0 Å². The van der Waals surface area contributed by atoms with E-state index < -0.39 is 0 Å². The Hall–Kier alpha value is -3.43. The third-order valence-corrected chi connectivity index (χ3v) is 12.1. The van der Waals surface area contributed by atoms with Gasteiger partial charge in [0.15, 0.2) is 0 Å². The molecular formula is C44H22Cl8MgN4. The minimum Gasteiger partial charge on any atom is -0.354 e. The number of benzene rings is 4. The summed E-state index contributed by atoms with van der Waals surface area (Å²) >= 11 is 55.6. The number of aromatic amines is 2. The van der Waals surface area contributed by atoms with Crippen LogP contribution in [0.25, 0.3) is 90.9 Å². The molecule has 0 fully saturated rings. The van der Waals surface area contributed by atoms with Gasteiger partial charge in [-0.3, -0.25) is 0 Å². The third kappa shape index (κ3) is 7.21. The lowest BCUT2D eigenvalue weighted by Gasteiger charge is -2.11. The van der Waals surface area contributed by atoms with Crippen LogP contribution in [0.4, 0.5) is 0 Å². The molecule has 0 unspecified atom stereocenters. The summed E-state index contributed by atoms with van der Waals surface area (Å²) in [5, 5.41) is 3.53. The van der Waals surface area contributed by atoms with Crippen molar-refractivity contribution in [3.05, 3.63) is 160 Å². The molecule has 8 bridgehead atoms. The highest BCUT2D eigenvalue weighted by Gasteiger charge is 2.24. The zero-order chi connectivity index (χ0) is 38.8. The Balaban J connectivity index is 0.00000455. The Morgan fingerprint density at radius 2 is 0.474 bits per heavy atom. The van der Waals surface area contributed by atoms with Crippen molar-refractivity contribution < 1.29 is 0 Å². The van der Waals surface area contributed by atoms with Crippen molar-refractivity contribution >= 4 is 162 Å². The summed E-state index contributed by atoms with van der Waals surface area (Å²) in [6, 6.07) is 29.3. The van der Waals surface area contributed by atoms with E-state index in [2.05, 4.69) is 9.97 Å². The van der Waals surface area contributed by atoms with Crippen molar-refractivity contribution in [1.82, 2.24) is 19.9 Å². The summed E-state index contributed by atoms with van der Waals surface area (Å²) in [6.45, 7) is 0. The number of nitrogens with one attached hydrogen (secondary N) is 2. The first-order valence-corrected chi connectivity index (χ1v) is 20.0. The molecule has 9 rings (SSSR count). The van der Waals surface area contributed by atoms with Crippen molar-refractivity contribution in [2.24, 2.45) is 0 Å². The van der Waals surface area contributed by atoms with Crippen molar-refractivity contribution in [3.8, 4) is 44.5 Å². The number of rotatable bonds is 4. The van der Waals surface area contributed by atoms with Crippen molar-refractivity contribution in [3.63, 3.8) is 0 Å². The van der Waals surface area contributed by atoms with E-state index >= 15 is 0 Å². The largest absolute Gasteiger partial charge is 0.354 e. The summed E-state index contributed by atoms with van der Waals surface area (Å²) in [4.78, 5) is 17.8. The number of halogens is 8. The van der Waals surface area contributed by atoms with E-state index in [4.69, 9.17) is 103 Å². The quantitative estimate of drug-likeness (QED) is 0.173. The van der Waals surface area contributed by atoms with E-state index in [1.807, 2.05) is 48.6 Å². The molecule has 0 spiro atoms. The van der Waals surface area contributed by atoms with Gasteiger partial charge in [-0.1, -0.05) is 117 Å². The summed E-state index contributed by atoms with van der Waals surface area (Å²) in [7, 11) is 0. The van der Waals surface area contributed by atoms with Crippen LogP contribution in [0, 0.1) is 0 Å². The molecule has 2 N–H and O–H groups in total. The van der Waals surface area contributed by atoms with Gasteiger partial charge in [-0.05, 0) is 97.1 Å². The predicted octanol–water partition coefficient (Wildman–Crippen LogP) is 16.2. The number of fused-ring (bicyclic) bond motifs is 8. The van der Waals surface area contributed by atoms with Crippen LogP contribution in [0.3, 0.4) is 0 Å². The van der Waals surface area contributed by atoms with Crippen molar-refractivity contribution in [2.45, 2.75) is 0 Å². The smallest absolute Gasteiger partial charge is 0.0738 e. The Kier molecular flexibility index (Phi) is 11.5. The monoisotopic (exact) mass is 910 g/mol. The average Bonchev–Trinajstić information content (AvgIpc) is 4.00. The molecule has 0 atom stereocenters. The Labute approximate surface area is 383 Å². The molecule has 13 heteroatoms. The van der Waals surface area contributed by atoms with E-state index in [1.165, 1.54) is 0 Å². The Bertz CT molecular complexity index is 2560. The van der Waals surface area contributed by atoms with Crippen LogP contribution < -0.4 is 0 Å². The lowest BCUT2D eigenvalue weighted by Crippen LogP contribution is -1.92. The molecule has 0 saturated carbocycles. The van der Waals surface area contributed by atoms with Gasteiger partial charge in [0.25, 0.3) is 0 Å². The van der Waals surface area contributed by atoms with Crippen molar-refractivity contribution in [2.75, 3.05) is 0 Å². The number of nitrogens with zero attached hydrogens (tertiary/aromatic N) is 2.